The van der Waals surface area contributed by atoms with Crippen LogP contribution in [0.4, 0.5) is 11.4 Å². The van der Waals surface area contributed by atoms with E-state index < -0.39 is 0 Å². The Morgan fingerprint density at radius 3 is 2.17 bits per heavy atom. The number of hydrogen-bond donors (Lipinski definition) is 2. The fourth-order valence-corrected chi connectivity index (χ4v) is 1.88. The maximum absolute atomic E-state index is 11.9. The van der Waals surface area contributed by atoms with Gasteiger partial charge >= 0.3 is 0 Å². The summed E-state index contributed by atoms with van der Waals surface area (Å²) in [7, 11) is 1.57. The molecule has 0 atom stereocenters. The summed E-state index contributed by atoms with van der Waals surface area (Å²) in [6.45, 7) is 1.33. The number of anilines is 2. The highest BCUT2D eigenvalue weighted by Gasteiger charge is 2.05. The average molecular weight is 314 g/mol. The van der Waals surface area contributed by atoms with Gasteiger partial charge in [0.25, 0.3) is 5.91 Å². The minimum absolute atomic E-state index is 0.111. The molecular weight excluding hydrogens is 296 g/mol. The average Bonchev–Trinajstić information content (AvgIpc) is 2.54. The molecule has 2 aromatic carbocycles. The van der Waals surface area contributed by atoms with E-state index in [1.807, 2.05) is 0 Å². The maximum Gasteiger partial charge on any atom is 0.262 e. The molecular formula is C17H18N2O4. The minimum Gasteiger partial charge on any atom is -0.497 e. The van der Waals surface area contributed by atoms with Crippen molar-refractivity contribution in [3.8, 4) is 11.5 Å². The number of methoxy groups -OCH3 is 1. The standard InChI is InChI=1S/C17H18N2O4/c1-12(20)18-13-6-8-14(9-7-13)19-17(21)11-23-16-5-3-4-15(10-16)22-2/h3-10H,11H2,1-2H3,(H,18,20)(H,19,21). The predicted molar refractivity (Wildman–Crippen MR) is 87.9 cm³/mol. The molecule has 23 heavy (non-hydrogen) atoms. The molecule has 0 unspecified atom stereocenters. The molecule has 0 spiro atoms. The molecule has 2 N–H and O–H groups in total. The van der Waals surface area contributed by atoms with Crippen LogP contribution in [-0.2, 0) is 9.59 Å². The molecule has 0 bridgehead atoms. The summed E-state index contributed by atoms with van der Waals surface area (Å²) in [4.78, 5) is 22.8. The monoisotopic (exact) mass is 314 g/mol. The number of hydrogen-bond acceptors (Lipinski definition) is 4. The number of rotatable bonds is 6. The van der Waals surface area contributed by atoms with Gasteiger partial charge in [-0.15, -0.1) is 0 Å². The van der Waals surface area contributed by atoms with E-state index in [2.05, 4.69) is 10.6 Å². The first-order chi connectivity index (χ1) is 11.1. The van der Waals surface area contributed by atoms with Crippen LogP contribution in [0.2, 0.25) is 0 Å². The van der Waals surface area contributed by atoms with Crippen molar-refractivity contribution < 1.29 is 19.1 Å². The molecule has 0 radical (unpaired) electrons. The van der Waals surface area contributed by atoms with E-state index in [-0.39, 0.29) is 18.4 Å². The maximum atomic E-state index is 11.9. The number of carbonyl (C=O) groups excluding carboxylic acids is 2. The Hall–Kier alpha value is -3.02. The van der Waals surface area contributed by atoms with E-state index >= 15 is 0 Å². The van der Waals surface area contributed by atoms with Gasteiger partial charge in [0.2, 0.25) is 5.91 Å². The molecule has 2 rings (SSSR count). The van der Waals surface area contributed by atoms with Crippen LogP contribution >= 0.6 is 0 Å². The van der Waals surface area contributed by atoms with E-state index in [4.69, 9.17) is 9.47 Å². The lowest BCUT2D eigenvalue weighted by molar-refractivity contribution is -0.118. The minimum atomic E-state index is -0.278. The van der Waals surface area contributed by atoms with E-state index in [9.17, 15) is 9.59 Å². The Labute approximate surface area is 134 Å². The third-order valence-corrected chi connectivity index (χ3v) is 2.90. The van der Waals surface area contributed by atoms with Crippen molar-refractivity contribution in [2.24, 2.45) is 0 Å². The SMILES string of the molecule is COc1cccc(OCC(=O)Nc2ccc(NC(C)=O)cc2)c1. The van der Waals surface area contributed by atoms with Crippen LogP contribution in [0.3, 0.4) is 0 Å². The highest BCUT2D eigenvalue weighted by atomic mass is 16.5. The van der Waals surface area contributed by atoms with Crippen LogP contribution in [0.25, 0.3) is 0 Å². The Bertz CT molecular complexity index is 683. The first-order valence-corrected chi connectivity index (χ1v) is 7.01. The van der Waals surface area contributed by atoms with Crippen LogP contribution < -0.4 is 20.1 Å². The smallest absolute Gasteiger partial charge is 0.262 e. The molecule has 0 fully saturated rings. The lowest BCUT2D eigenvalue weighted by Crippen LogP contribution is -2.20. The zero-order chi connectivity index (χ0) is 16.7. The van der Waals surface area contributed by atoms with Crippen LogP contribution in [0, 0.1) is 0 Å². The van der Waals surface area contributed by atoms with Crippen molar-refractivity contribution in [1.29, 1.82) is 0 Å². The normalized spacial score (nSPS) is 9.83. The number of ether oxygens (including phenoxy) is 2. The van der Waals surface area contributed by atoms with Gasteiger partial charge < -0.3 is 20.1 Å². The summed E-state index contributed by atoms with van der Waals surface area (Å²) in [6, 6.07) is 13.9. The molecule has 6 heteroatoms. The molecule has 6 nitrogen and oxygen atoms in total. The molecule has 0 aromatic heterocycles. The van der Waals surface area contributed by atoms with E-state index in [0.29, 0.717) is 22.9 Å². The number of nitrogens with one attached hydrogen (secondary N) is 2. The van der Waals surface area contributed by atoms with Crippen LogP contribution in [0.1, 0.15) is 6.92 Å². The second-order valence-corrected chi connectivity index (χ2v) is 4.77. The highest BCUT2D eigenvalue weighted by molar-refractivity contribution is 5.93. The quantitative estimate of drug-likeness (QED) is 0.859. The van der Waals surface area contributed by atoms with Crippen molar-refractivity contribution >= 4 is 23.2 Å². The summed E-state index contributed by atoms with van der Waals surface area (Å²) >= 11 is 0. The van der Waals surface area contributed by atoms with Crippen molar-refractivity contribution in [3.05, 3.63) is 48.5 Å². The van der Waals surface area contributed by atoms with Gasteiger partial charge in [-0.2, -0.15) is 0 Å². The lowest BCUT2D eigenvalue weighted by Gasteiger charge is -2.09. The topological polar surface area (TPSA) is 76.7 Å². The summed E-state index contributed by atoms with van der Waals surface area (Å²) in [6.07, 6.45) is 0. The van der Waals surface area contributed by atoms with Crippen LogP contribution in [-0.4, -0.2) is 25.5 Å². The van der Waals surface area contributed by atoms with Gasteiger partial charge in [0.1, 0.15) is 11.5 Å². The molecule has 0 saturated carbocycles. The van der Waals surface area contributed by atoms with Crippen molar-refractivity contribution in [1.82, 2.24) is 0 Å². The van der Waals surface area contributed by atoms with Gasteiger partial charge in [-0.05, 0) is 36.4 Å². The predicted octanol–water partition coefficient (Wildman–Crippen LogP) is 2.67. The Kier molecular flexibility index (Phi) is 5.57. The van der Waals surface area contributed by atoms with Gasteiger partial charge in [-0.25, -0.2) is 0 Å². The third kappa shape index (κ3) is 5.35. The lowest BCUT2D eigenvalue weighted by atomic mass is 10.2. The van der Waals surface area contributed by atoms with Gasteiger partial charge in [-0.3, -0.25) is 9.59 Å². The molecule has 0 aliphatic rings. The van der Waals surface area contributed by atoms with E-state index in [1.54, 1.807) is 55.6 Å². The molecule has 0 aliphatic heterocycles. The van der Waals surface area contributed by atoms with Gasteiger partial charge in [0.15, 0.2) is 6.61 Å². The number of benzene rings is 2. The number of carbonyl (C=O) groups is 2. The van der Waals surface area contributed by atoms with Gasteiger partial charge in [-0.1, -0.05) is 6.07 Å². The molecule has 2 aromatic rings. The zero-order valence-electron chi connectivity index (χ0n) is 13.0. The van der Waals surface area contributed by atoms with Gasteiger partial charge in [0.05, 0.1) is 7.11 Å². The summed E-state index contributed by atoms with van der Waals surface area (Å²) in [5.41, 5.74) is 1.29. The fourth-order valence-electron chi connectivity index (χ4n) is 1.88. The molecule has 2 amide bonds. The second-order valence-electron chi connectivity index (χ2n) is 4.77. The summed E-state index contributed by atoms with van der Waals surface area (Å²) in [5.74, 6) is 0.797. The first kappa shape index (κ1) is 16.4. The largest absolute Gasteiger partial charge is 0.497 e. The fraction of sp³-hybridized carbons (Fsp3) is 0.176. The summed E-state index contributed by atoms with van der Waals surface area (Å²) in [5, 5.41) is 5.37. The van der Waals surface area contributed by atoms with Crippen LogP contribution in [0.5, 0.6) is 11.5 Å². The van der Waals surface area contributed by atoms with E-state index in [1.165, 1.54) is 6.92 Å². The molecule has 0 heterocycles. The molecule has 0 saturated heterocycles. The Morgan fingerprint density at radius 2 is 1.57 bits per heavy atom. The third-order valence-electron chi connectivity index (χ3n) is 2.90. The van der Waals surface area contributed by atoms with Crippen molar-refractivity contribution in [2.75, 3.05) is 24.4 Å². The zero-order valence-corrected chi connectivity index (χ0v) is 13.0. The van der Waals surface area contributed by atoms with Crippen molar-refractivity contribution in [3.63, 3.8) is 0 Å². The Morgan fingerprint density at radius 1 is 0.957 bits per heavy atom. The van der Waals surface area contributed by atoms with E-state index in [0.717, 1.165) is 0 Å². The molecule has 120 valence electrons. The highest BCUT2D eigenvalue weighted by Crippen LogP contribution is 2.19. The second kappa shape index (κ2) is 7.84. The first-order valence-electron chi connectivity index (χ1n) is 7.01. The van der Waals surface area contributed by atoms with Crippen LogP contribution in [0.15, 0.2) is 48.5 Å². The Balaban J connectivity index is 1.85. The molecule has 0 aliphatic carbocycles. The summed E-state index contributed by atoms with van der Waals surface area (Å²) < 4.78 is 10.5. The van der Waals surface area contributed by atoms with Crippen molar-refractivity contribution in [2.45, 2.75) is 6.92 Å². The number of amides is 2. The van der Waals surface area contributed by atoms with Gasteiger partial charge in [0, 0.05) is 24.4 Å².